The van der Waals surface area contributed by atoms with E-state index in [-0.39, 0.29) is 5.54 Å². The van der Waals surface area contributed by atoms with Gasteiger partial charge in [-0.25, -0.2) is 4.68 Å². The van der Waals surface area contributed by atoms with Gasteiger partial charge in [-0.3, -0.25) is 0 Å². The summed E-state index contributed by atoms with van der Waals surface area (Å²) in [5, 5.41) is 11.3. The number of allylic oxidation sites excluding steroid dienone is 4. The summed E-state index contributed by atoms with van der Waals surface area (Å²) >= 11 is 0. The molecular formula is C9H12N4. The molecular weight excluding hydrogens is 164 g/mol. The van der Waals surface area contributed by atoms with Gasteiger partial charge in [0.2, 0.25) is 0 Å². The van der Waals surface area contributed by atoms with Crippen LogP contribution >= 0.6 is 0 Å². The Morgan fingerprint density at radius 3 is 3.00 bits per heavy atom. The smallest absolute Gasteiger partial charge is 0.139 e. The van der Waals surface area contributed by atoms with Crippen molar-refractivity contribution in [2.45, 2.75) is 25.8 Å². The van der Waals surface area contributed by atoms with E-state index in [4.69, 9.17) is 0 Å². The van der Waals surface area contributed by atoms with Crippen molar-refractivity contribution in [3.05, 3.63) is 30.1 Å². The summed E-state index contributed by atoms with van der Waals surface area (Å²) in [6, 6.07) is 0. The van der Waals surface area contributed by atoms with Gasteiger partial charge in [0, 0.05) is 0 Å². The van der Waals surface area contributed by atoms with Crippen LogP contribution in [0.4, 0.5) is 0 Å². The minimum absolute atomic E-state index is 0.0851. The van der Waals surface area contributed by atoms with Gasteiger partial charge >= 0.3 is 0 Å². The van der Waals surface area contributed by atoms with E-state index in [1.165, 1.54) is 5.57 Å². The van der Waals surface area contributed by atoms with E-state index in [1.54, 1.807) is 6.33 Å². The summed E-state index contributed by atoms with van der Waals surface area (Å²) in [4.78, 5) is 0. The first-order valence-corrected chi connectivity index (χ1v) is 4.31. The predicted octanol–water partition coefficient (Wildman–Crippen LogP) is 1.29. The van der Waals surface area contributed by atoms with Gasteiger partial charge in [-0.15, -0.1) is 5.10 Å². The van der Waals surface area contributed by atoms with Crippen LogP contribution in [0.1, 0.15) is 20.3 Å². The molecule has 4 heteroatoms. The van der Waals surface area contributed by atoms with Crippen molar-refractivity contribution >= 4 is 0 Å². The number of aromatic nitrogens is 4. The van der Waals surface area contributed by atoms with Crippen molar-refractivity contribution in [2.24, 2.45) is 0 Å². The second kappa shape index (κ2) is 2.80. The van der Waals surface area contributed by atoms with Crippen LogP contribution in [-0.2, 0) is 5.54 Å². The number of rotatable bonds is 1. The summed E-state index contributed by atoms with van der Waals surface area (Å²) in [6.07, 6.45) is 8.91. The Morgan fingerprint density at radius 1 is 1.54 bits per heavy atom. The Labute approximate surface area is 76.9 Å². The minimum atomic E-state index is -0.0851. The molecule has 68 valence electrons. The molecule has 0 bridgehead atoms. The predicted molar refractivity (Wildman–Crippen MR) is 49.0 cm³/mol. The molecule has 13 heavy (non-hydrogen) atoms. The summed E-state index contributed by atoms with van der Waals surface area (Å²) in [6.45, 7) is 4.24. The van der Waals surface area contributed by atoms with Crippen molar-refractivity contribution in [1.82, 2.24) is 20.2 Å². The van der Waals surface area contributed by atoms with Crippen LogP contribution in [0.2, 0.25) is 0 Å². The van der Waals surface area contributed by atoms with Crippen LogP contribution in [-0.4, -0.2) is 20.2 Å². The molecule has 1 atom stereocenters. The molecule has 1 aliphatic carbocycles. The Hall–Kier alpha value is -1.45. The molecule has 1 heterocycles. The molecule has 1 aromatic heterocycles. The van der Waals surface area contributed by atoms with Gasteiger partial charge in [0.1, 0.15) is 6.33 Å². The van der Waals surface area contributed by atoms with E-state index in [1.807, 2.05) is 4.68 Å². The highest BCUT2D eigenvalue weighted by Crippen LogP contribution is 2.31. The highest BCUT2D eigenvalue weighted by molar-refractivity contribution is 5.25. The lowest BCUT2D eigenvalue weighted by atomic mass is 9.86. The number of nitrogens with zero attached hydrogens (tertiary/aromatic N) is 4. The van der Waals surface area contributed by atoms with Crippen molar-refractivity contribution in [2.75, 3.05) is 0 Å². The van der Waals surface area contributed by atoms with Crippen LogP contribution in [0.25, 0.3) is 0 Å². The number of tetrazole rings is 1. The van der Waals surface area contributed by atoms with E-state index in [0.717, 1.165) is 6.42 Å². The molecule has 0 saturated carbocycles. The second-order valence-electron chi connectivity index (χ2n) is 3.51. The standard InChI is InChI=1S/C9H12N4/c1-8-5-3-4-6-9(8,2)13-7-10-11-12-13/h3-5,7H,6H2,1-2H3. The maximum Gasteiger partial charge on any atom is 0.139 e. The lowest BCUT2D eigenvalue weighted by Crippen LogP contribution is -2.32. The molecule has 0 amide bonds. The minimum Gasteiger partial charge on any atom is -0.222 e. The number of hydrogen-bond donors (Lipinski definition) is 0. The third-order valence-electron chi connectivity index (χ3n) is 2.70. The molecule has 0 aromatic carbocycles. The Kier molecular flexibility index (Phi) is 1.76. The van der Waals surface area contributed by atoms with Crippen molar-refractivity contribution in [3.63, 3.8) is 0 Å². The monoisotopic (exact) mass is 176 g/mol. The Balaban J connectivity index is 2.42. The SMILES string of the molecule is CC1=CC=CCC1(C)n1cnnn1. The first-order valence-electron chi connectivity index (χ1n) is 4.31. The molecule has 0 N–H and O–H groups in total. The lowest BCUT2D eigenvalue weighted by molar-refractivity contribution is 0.337. The zero-order chi connectivity index (χ0) is 9.31. The van der Waals surface area contributed by atoms with Gasteiger partial charge in [-0.05, 0) is 36.3 Å². The van der Waals surface area contributed by atoms with Gasteiger partial charge in [-0.1, -0.05) is 18.2 Å². The number of hydrogen-bond acceptors (Lipinski definition) is 3. The van der Waals surface area contributed by atoms with E-state index >= 15 is 0 Å². The first-order chi connectivity index (χ1) is 6.23. The van der Waals surface area contributed by atoms with Crippen molar-refractivity contribution in [3.8, 4) is 0 Å². The lowest BCUT2D eigenvalue weighted by Gasteiger charge is -2.30. The van der Waals surface area contributed by atoms with Crippen LogP contribution in [0, 0.1) is 0 Å². The largest absolute Gasteiger partial charge is 0.222 e. The Bertz CT molecular complexity index is 350. The average Bonchev–Trinajstić information content (AvgIpc) is 2.63. The van der Waals surface area contributed by atoms with E-state index in [2.05, 4.69) is 47.6 Å². The van der Waals surface area contributed by atoms with E-state index < -0.39 is 0 Å². The molecule has 1 aromatic rings. The molecule has 1 unspecified atom stereocenters. The highest BCUT2D eigenvalue weighted by Gasteiger charge is 2.29. The van der Waals surface area contributed by atoms with Gasteiger partial charge in [0.05, 0.1) is 5.54 Å². The fourth-order valence-electron chi connectivity index (χ4n) is 1.51. The van der Waals surface area contributed by atoms with E-state index in [9.17, 15) is 0 Å². The van der Waals surface area contributed by atoms with Gasteiger partial charge < -0.3 is 0 Å². The third kappa shape index (κ3) is 1.18. The topological polar surface area (TPSA) is 43.6 Å². The third-order valence-corrected chi connectivity index (χ3v) is 2.70. The maximum atomic E-state index is 3.94. The van der Waals surface area contributed by atoms with Gasteiger partial charge in [-0.2, -0.15) is 0 Å². The fraction of sp³-hybridized carbons (Fsp3) is 0.444. The molecule has 0 spiro atoms. The van der Waals surface area contributed by atoms with Crippen molar-refractivity contribution < 1.29 is 0 Å². The van der Waals surface area contributed by atoms with Crippen molar-refractivity contribution in [1.29, 1.82) is 0 Å². The molecule has 0 saturated heterocycles. The van der Waals surface area contributed by atoms with Crippen LogP contribution in [0.15, 0.2) is 30.1 Å². The molecule has 4 nitrogen and oxygen atoms in total. The zero-order valence-corrected chi connectivity index (χ0v) is 7.81. The summed E-state index contributed by atoms with van der Waals surface area (Å²) in [5.74, 6) is 0. The average molecular weight is 176 g/mol. The summed E-state index contributed by atoms with van der Waals surface area (Å²) in [5.41, 5.74) is 1.19. The summed E-state index contributed by atoms with van der Waals surface area (Å²) < 4.78 is 1.81. The highest BCUT2D eigenvalue weighted by atomic mass is 15.5. The molecule has 1 aliphatic rings. The van der Waals surface area contributed by atoms with Crippen LogP contribution < -0.4 is 0 Å². The normalized spacial score (nSPS) is 27.4. The molecule has 0 fully saturated rings. The fourth-order valence-corrected chi connectivity index (χ4v) is 1.51. The molecule has 0 radical (unpaired) electrons. The second-order valence-corrected chi connectivity index (χ2v) is 3.51. The summed E-state index contributed by atoms with van der Waals surface area (Å²) in [7, 11) is 0. The van der Waals surface area contributed by atoms with Gasteiger partial charge in [0.25, 0.3) is 0 Å². The molecule has 2 rings (SSSR count). The van der Waals surface area contributed by atoms with E-state index in [0.29, 0.717) is 0 Å². The maximum absolute atomic E-state index is 3.94. The first kappa shape index (κ1) is 8.16. The quantitative estimate of drug-likeness (QED) is 0.647. The Morgan fingerprint density at radius 2 is 2.38 bits per heavy atom. The van der Waals surface area contributed by atoms with Gasteiger partial charge in [0.15, 0.2) is 0 Å². The zero-order valence-electron chi connectivity index (χ0n) is 7.81. The molecule has 0 aliphatic heterocycles. The van der Waals surface area contributed by atoms with Crippen LogP contribution in [0.3, 0.4) is 0 Å². The van der Waals surface area contributed by atoms with Crippen LogP contribution in [0.5, 0.6) is 0 Å².